The van der Waals surface area contributed by atoms with E-state index in [1.807, 2.05) is 31.2 Å². The quantitative estimate of drug-likeness (QED) is 0.613. The van der Waals surface area contributed by atoms with Crippen LogP contribution in [0.25, 0.3) is 11.4 Å². The molecule has 1 N–H and O–H groups in total. The van der Waals surface area contributed by atoms with Crippen LogP contribution in [0, 0.1) is 6.92 Å². The molecule has 0 saturated heterocycles. The van der Waals surface area contributed by atoms with E-state index in [-0.39, 0.29) is 12.4 Å². The molecule has 0 unspecified atom stereocenters. The lowest BCUT2D eigenvalue weighted by atomic mass is 10.1. The number of carbonyl (C=O) groups excluding carboxylic acids is 1. The zero-order chi connectivity index (χ0) is 21.0. The second-order valence-corrected chi connectivity index (χ2v) is 8.75. The van der Waals surface area contributed by atoms with Gasteiger partial charge in [-0.05, 0) is 31.2 Å². The van der Waals surface area contributed by atoms with Crippen molar-refractivity contribution < 1.29 is 17.7 Å². The number of hydrogen-bond donors (Lipinski definition) is 1. The van der Waals surface area contributed by atoms with E-state index in [0.717, 1.165) is 21.7 Å². The molecule has 0 spiro atoms. The first kappa shape index (κ1) is 20.8. The first-order chi connectivity index (χ1) is 13.7. The van der Waals surface area contributed by atoms with Crippen LogP contribution in [0.3, 0.4) is 0 Å². The summed E-state index contributed by atoms with van der Waals surface area (Å²) in [6.45, 7) is 1.53. The van der Waals surface area contributed by atoms with Crippen LogP contribution in [0.5, 0.6) is 0 Å². The van der Waals surface area contributed by atoms with Gasteiger partial charge in [0.2, 0.25) is 27.6 Å². The van der Waals surface area contributed by atoms with Crippen LogP contribution in [0.15, 0.2) is 53.1 Å². The SMILES string of the molecule is Cc1cccc(-c2noc(CNC(=O)CN(c3cccc(Cl)c3)S(C)(=O)=O)n2)c1. The highest BCUT2D eigenvalue weighted by Crippen LogP contribution is 2.21. The van der Waals surface area contributed by atoms with Crippen molar-refractivity contribution in [3.05, 3.63) is 65.0 Å². The summed E-state index contributed by atoms with van der Waals surface area (Å²) in [7, 11) is -3.69. The van der Waals surface area contributed by atoms with Gasteiger partial charge in [0.1, 0.15) is 6.54 Å². The Kier molecular flexibility index (Phi) is 6.19. The third-order valence-electron chi connectivity index (χ3n) is 3.96. The van der Waals surface area contributed by atoms with Crippen LogP contribution in [0.1, 0.15) is 11.5 Å². The van der Waals surface area contributed by atoms with Crippen molar-refractivity contribution >= 4 is 33.2 Å². The molecule has 1 heterocycles. The Bertz CT molecular complexity index is 1130. The van der Waals surface area contributed by atoms with Crippen molar-refractivity contribution in [1.29, 1.82) is 0 Å². The highest BCUT2D eigenvalue weighted by molar-refractivity contribution is 7.92. The van der Waals surface area contributed by atoms with Crippen molar-refractivity contribution in [1.82, 2.24) is 15.5 Å². The first-order valence-corrected chi connectivity index (χ1v) is 10.8. The largest absolute Gasteiger partial charge is 0.345 e. The maximum Gasteiger partial charge on any atom is 0.246 e. The Hall–Kier alpha value is -2.91. The van der Waals surface area contributed by atoms with Gasteiger partial charge in [-0.3, -0.25) is 9.10 Å². The molecule has 2 aromatic carbocycles. The monoisotopic (exact) mass is 434 g/mol. The molecule has 0 aliphatic carbocycles. The summed E-state index contributed by atoms with van der Waals surface area (Å²) in [4.78, 5) is 16.6. The lowest BCUT2D eigenvalue weighted by Crippen LogP contribution is -2.40. The fourth-order valence-corrected chi connectivity index (χ4v) is 3.65. The van der Waals surface area contributed by atoms with Gasteiger partial charge in [0, 0.05) is 10.6 Å². The molecule has 8 nitrogen and oxygen atoms in total. The fourth-order valence-electron chi connectivity index (χ4n) is 2.62. The van der Waals surface area contributed by atoms with E-state index in [0.29, 0.717) is 16.5 Å². The molecule has 3 rings (SSSR count). The minimum atomic E-state index is -3.69. The third kappa shape index (κ3) is 5.55. The van der Waals surface area contributed by atoms with E-state index in [2.05, 4.69) is 15.5 Å². The molecule has 0 aliphatic rings. The molecule has 0 fully saturated rings. The number of rotatable bonds is 7. The molecule has 1 amide bonds. The van der Waals surface area contributed by atoms with Crippen LogP contribution < -0.4 is 9.62 Å². The fraction of sp³-hybridized carbons (Fsp3) is 0.211. The topological polar surface area (TPSA) is 105 Å². The number of halogens is 1. The van der Waals surface area contributed by atoms with Gasteiger partial charge in [0.25, 0.3) is 0 Å². The Labute approximate surface area is 173 Å². The van der Waals surface area contributed by atoms with Crippen molar-refractivity contribution in [2.45, 2.75) is 13.5 Å². The van der Waals surface area contributed by atoms with Gasteiger partial charge in [-0.1, -0.05) is 46.6 Å². The highest BCUT2D eigenvalue weighted by atomic mass is 35.5. The number of aryl methyl sites for hydroxylation is 1. The first-order valence-electron chi connectivity index (χ1n) is 8.62. The van der Waals surface area contributed by atoms with Gasteiger partial charge in [-0.25, -0.2) is 8.42 Å². The van der Waals surface area contributed by atoms with E-state index in [4.69, 9.17) is 16.1 Å². The summed E-state index contributed by atoms with van der Waals surface area (Å²) < 4.78 is 30.3. The van der Waals surface area contributed by atoms with E-state index < -0.39 is 22.5 Å². The van der Waals surface area contributed by atoms with Gasteiger partial charge in [-0.2, -0.15) is 4.98 Å². The zero-order valence-electron chi connectivity index (χ0n) is 15.8. The van der Waals surface area contributed by atoms with Crippen LogP contribution in [0.2, 0.25) is 5.02 Å². The molecule has 1 aromatic heterocycles. The maximum absolute atomic E-state index is 12.3. The Morgan fingerprint density at radius 2 is 1.97 bits per heavy atom. The van der Waals surface area contributed by atoms with E-state index in [1.165, 1.54) is 6.07 Å². The second kappa shape index (κ2) is 8.62. The molecule has 3 aromatic rings. The number of hydrogen-bond acceptors (Lipinski definition) is 6. The van der Waals surface area contributed by atoms with Gasteiger partial charge >= 0.3 is 0 Å². The summed E-state index contributed by atoms with van der Waals surface area (Å²) in [6.07, 6.45) is 1.02. The van der Waals surface area contributed by atoms with Crippen molar-refractivity contribution in [2.24, 2.45) is 0 Å². The summed E-state index contributed by atoms with van der Waals surface area (Å²) in [5, 5.41) is 6.86. The molecule has 29 heavy (non-hydrogen) atoms. The van der Waals surface area contributed by atoms with Crippen molar-refractivity contribution in [2.75, 3.05) is 17.1 Å². The van der Waals surface area contributed by atoms with Crippen LogP contribution in [-0.2, 0) is 21.4 Å². The predicted octanol–water partition coefficient (Wildman–Crippen LogP) is 2.78. The van der Waals surface area contributed by atoms with Gasteiger partial charge in [-0.15, -0.1) is 0 Å². The molecule has 0 radical (unpaired) electrons. The smallest absolute Gasteiger partial charge is 0.246 e. The van der Waals surface area contributed by atoms with Crippen molar-refractivity contribution in [3.63, 3.8) is 0 Å². The van der Waals surface area contributed by atoms with E-state index >= 15 is 0 Å². The standard InChI is InChI=1S/C19H19ClN4O4S/c1-13-5-3-6-14(9-13)19-22-18(28-23-19)11-21-17(25)12-24(29(2,26)27)16-8-4-7-15(20)10-16/h3-10H,11-12H2,1-2H3,(H,21,25). The molecular weight excluding hydrogens is 416 g/mol. The molecule has 0 atom stereocenters. The maximum atomic E-state index is 12.3. The van der Waals surface area contributed by atoms with E-state index in [1.54, 1.807) is 18.2 Å². The predicted molar refractivity (Wildman–Crippen MR) is 110 cm³/mol. The average molecular weight is 435 g/mol. The molecular formula is C19H19ClN4O4S. The Morgan fingerprint density at radius 1 is 1.21 bits per heavy atom. The van der Waals surface area contributed by atoms with Gasteiger partial charge < -0.3 is 9.84 Å². The molecule has 10 heteroatoms. The minimum absolute atomic E-state index is 0.0230. The summed E-state index contributed by atoms with van der Waals surface area (Å²) >= 11 is 5.93. The van der Waals surface area contributed by atoms with Crippen LogP contribution in [0.4, 0.5) is 5.69 Å². The normalized spacial score (nSPS) is 11.3. The molecule has 0 aliphatic heterocycles. The number of carbonyl (C=O) groups is 1. The summed E-state index contributed by atoms with van der Waals surface area (Å²) in [5.74, 6) is 0.101. The highest BCUT2D eigenvalue weighted by Gasteiger charge is 2.21. The number of nitrogens with one attached hydrogen (secondary N) is 1. The zero-order valence-corrected chi connectivity index (χ0v) is 17.4. The van der Waals surface area contributed by atoms with Gasteiger partial charge in [0.05, 0.1) is 18.5 Å². The average Bonchev–Trinajstić information content (AvgIpc) is 3.12. The number of benzene rings is 2. The lowest BCUT2D eigenvalue weighted by molar-refractivity contribution is -0.119. The van der Waals surface area contributed by atoms with Crippen LogP contribution in [-0.4, -0.2) is 37.3 Å². The summed E-state index contributed by atoms with van der Waals surface area (Å²) in [5.41, 5.74) is 2.16. The number of amides is 1. The Balaban J connectivity index is 1.66. The second-order valence-electron chi connectivity index (χ2n) is 6.41. The number of aromatic nitrogens is 2. The minimum Gasteiger partial charge on any atom is -0.345 e. The molecule has 0 saturated carbocycles. The number of nitrogens with zero attached hydrogens (tertiary/aromatic N) is 3. The summed E-state index contributed by atoms with van der Waals surface area (Å²) in [6, 6.07) is 13.9. The Morgan fingerprint density at radius 3 is 2.66 bits per heavy atom. The number of sulfonamides is 1. The van der Waals surface area contributed by atoms with Crippen molar-refractivity contribution in [3.8, 4) is 11.4 Å². The van der Waals surface area contributed by atoms with E-state index in [9.17, 15) is 13.2 Å². The lowest BCUT2D eigenvalue weighted by Gasteiger charge is -2.21. The van der Waals surface area contributed by atoms with Crippen LogP contribution >= 0.6 is 11.6 Å². The molecule has 152 valence electrons. The molecule has 0 bridgehead atoms. The third-order valence-corrected chi connectivity index (χ3v) is 5.34. The van der Waals surface area contributed by atoms with Gasteiger partial charge in [0.15, 0.2) is 0 Å². The number of anilines is 1.